The van der Waals surface area contributed by atoms with Gasteiger partial charge in [-0.2, -0.15) is 0 Å². The lowest BCUT2D eigenvalue weighted by atomic mass is 9.97. The number of rotatable bonds is 0. The summed E-state index contributed by atoms with van der Waals surface area (Å²) in [6, 6.07) is 1.79. The van der Waals surface area contributed by atoms with Gasteiger partial charge < -0.3 is 4.98 Å². The average molecular weight is 162 g/mol. The molecule has 0 saturated heterocycles. The molecule has 0 aliphatic heterocycles. The molecule has 4 heteroatoms. The van der Waals surface area contributed by atoms with Crippen LogP contribution in [-0.2, 0) is 0 Å². The van der Waals surface area contributed by atoms with E-state index < -0.39 is 0 Å². The first-order valence-corrected chi connectivity index (χ1v) is 3.53. The van der Waals surface area contributed by atoms with Gasteiger partial charge in [0.2, 0.25) is 0 Å². The van der Waals surface area contributed by atoms with Gasteiger partial charge in [-0.1, -0.05) is 17.1 Å². The molecule has 2 aromatic heterocycles. The summed E-state index contributed by atoms with van der Waals surface area (Å²) in [6.45, 7) is 0. The van der Waals surface area contributed by atoms with E-state index in [-0.39, 0.29) is 0 Å². The molecule has 2 nitrogen and oxygen atoms in total. The van der Waals surface area contributed by atoms with Crippen LogP contribution in [0.15, 0.2) is 18.5 Å². The van der Waals surface area contributed by atoms with Crippen molar-refractivity contribution in [2.45, 2.75) is 0 Å². The minimum Gasteiger partial charge on any atom is -0.347 e. The monoisotopic (exact) mass is 162 g/mol. The summed E-state index contributed by atoms with van der Waals surface area (Å²) in [5.74, 6) is 0. The van der Waals surface area contributed by atoms with Crippen molar-refractivity contribution in [1.29, 1.82) is 0 Å². The minimum absolute atomic E-state index is 0.601. The molecule has 0 aliphatic rings. The molecular weight excluding hydrogens is 158 g/mol. The first-order valence-electron chi connectivity index (χ1n) is 3.15. The maximum atomic E-state index is 5.72. The first-order chi connectivity index (χ1) is 5.27. The van der Waals surface area contributed by atoms with Crippen LogP contribution in [0.25, 0.3) is 11.0 Å². The van der Waals surface area contributed by atoms with Gasteiger partial charge in [-0.25, -0.2) is 4.98 Å². The lowest BCUT2D eigenvalue weighted by molar-refractivity contribution is 1.33. The standard InChI is InChI=1S/C7H4BClN2/c8-6-3-11-7-5(6)1-4(9)2-10-7/h1-3H,(H,10,11). The fourth-order valence-corrected chi connectivity index (χ4v) is 1.16. The van der Waals surface area contributed by atoms with E-state index in [1.807, 2.05) is 0 Å². The van der Waals surface area contributed by atoms with E-state index in [4.69, 9.17) is 19.4 Å². The van der Waals surface area contributed by atoms with Crippen molar-refractivity contribution in [2.24, 2.45) is 0 Å². The van der Waals surface area contributed by atoms with E-state index >= 15 is 0 Å². The van der Waals surface area contributed by atoms with E-state index in [9.17, 15) is 0 Å². The van der Waals surface area contributed by atoms with Gasteiger partial charge in [-0.05, 0) is 12.3 Å². The quantitative estimate of drug-likeness (QED) is 0.576. The van der Waals surface area contributed by atoms with Crippen LogP contribution >= 0.6 is 11.6 Å². The molecule has 2 radical (unpaired) electrons. The highest BCUT2D eigenvalue weighted by Gasteiger charge is 1.99. The SMILES string of the molecule is [B]c1c[nH]c2ncc(Cl)cc12. The van der Waals surface area contributed by atoms with Crippen LogP contribution in [0.2, 0.25) is 5.02 Å². The molecule has 1 N–H and O–H groups in total. The highest BCUT2D eigenvalue weighted by molar-refractivity contribution is 6.39. The maximum Gasteiger partial charge on any atom is 0.136 e. The third-order valence-electron chi connectivity index (χ3n) is 1.53. The van der Waals surface area contributed by atoms with Gasteiger partial charge in [0.05, 0.1) is 5.02 Å². The fourth-order valence-electron chi connectivity index (χ4n) is 0.998. The molecule has 0 saturated carbocycles. The molecule has 0 bridgehead atoms. The van der Waals surface area contributed by atoms with Crippen molar-refractivity contribution in [3.05, 3.63) is 23.5 Å². The van der Waals surface area contributed by atoms with E-state index in [0.29, 0.717) is 10.5 Å². The Hall–Kier alpha value is -0.955. The largest absolute Gasteiger partial charge is 0.347 e. The second-order valence-corrected chi connectivity index (χ2v) is 2.73. The number of aromatic nitrogens is 2. The van der Waals surface area contributed by atoms with Crippen LogP contribution in [0.4, 0.5) is 0 Å². The smallest absolute Gasteiger partial charge is 0.136 e. The first kappa shape index (κ1) is 6.74. The van der Waals surface area contributed by atoms with Crippen LogP contribution in [0.1, 0.15) is 0 Å². The zero-order chi connectivity index (χ0) is 7.84. The fraction of sp³-hybridized carbons (Fsp3) is 0. The number of hydrogen-bond acceptors (Lipinski definition) is 1. The van der Waals surface area contributed by atoms with Crippen LogP contribution in [-0.4, -0.2) is 17.8 Å². The molecular formula is C7H4BClN2. The Morgan fingerprint density at radius 2 is 2.36 bits per heavy atom. The molecule has 2 aromatic rings. The Bertz CT molecular complexity index is 396. The molecule has 2 rings (SSSR count). The van der Waals surface area contributed by atoms with Crippen LogP contribution < -0.4 is 5.46 Å². The zero-order valence-corrected chi connectivity index (χ0v) is 6.39. The van der Waals surface area contributed by atoms with Gasteiger partial charge in [-0.3, -0.25) is 0 Å². The third kappa shape index (κ3) is 1.01. The predicted molar refractivity (Wildman–Crippen MR) is 46.5 cm³/mol. The Morgan fingerprint density at radius 1 is 1.55 bits per heavy atom. The Morgan fingerprint density at radius 3 is 3.18 bits per heavy atom. The topological polar surface area (TPSA) is 28.7 Å². The van der Waals surface area contributed by atoms with Crippen molar-refractivity contribution < 1.29 is 0 Å². The second-order valence-electron chi connectivity index (χ2n) is 2.29. The second kappa shape index (κ2) is 2.27. The van der Waals surface area contributed by atoms with Crippen molar-refractivity contribution in [3.63, 3.8) is 0 Å². The van der Waals surface area contributed by atoms with Gasteiger partial charge in [0.15, 0.2) is 0 Å². The minimum atomic E-state index is 0.601. The highest BCUT2D eigenvalue weighted by Crippen LogP contribution is 2.12. The van der Waals surface area contributed by atoms with Gasteiger partial charge in [0, 0.05) is 11.6 Å². The number of halogens is 1. The lowest BCUT2D eigenvalue weighted by Crippen LogP contribution is -1.96. The van der Waals surface area contributed by atoms with Crippen LogP contribution in [0.3, 0.4) is 0 Å². The maximum absolute atomic E-state index is 5.72. The summed E-state index contributed by atoms with van der Waals surface area (Å²) >= 11 is 5.72. The number of H-pyrrole nitrogens is 1. The Labute approximate surface area is 70.0 Å². The summed E-state index contributed by atoms with van der Waals surface area (Å²) in [6.07, 6.45) is 3.29. The van der Waals surface area contributed by atoms with E-state index in [0.717, 1.165) is 11.0 Å². The molecule has 0 spiro atoms. The van der Waals surface area contributed by atoms with E-state index in [2.05, 4.69) is 9.97 Å². The number of nitrogens with one attached hydrogen (secondary N) is 1. The number of fused-ring (bicyclic) bond motifs is 1. The molecule has 0 fully saturated rings. The summed E-state index contributed by atoms with van der Waals surface area (Å²) in [7, 11) is 5.62. The summed E-state index contributed by atoms with van der Waals surface area (Å²) < 4.78 is 0. The molecule has 0 atom stereocenters. The Kier molecular flexibility index (Phi) is 1.39. The number of aromatic amines is 1. The zero-order valence-electron chi connectivity index (χ0n) is 5.63. The average Bonchev–Trinajstić information content (AvgIpc) is 2.33. The van der Waals surface area contributed by atoms with Crippen molar-refractivity contribution >= 4 is 35.9 Å². The van der Waals surface area contributed by atoms with Crippen molar-refractivity contribution in [1.82, 2.24) is 9.97 Å². The van der Waals surface area contributed by atoms with Gasteiger partial charge in [0.25, 0.3) is 0 Å². The molecule has 0 amide bonds. The highest BCUT2D eigenvalue weighted by atomic mass is 35.5. The van der Waals surface area contributed by atoms with Gasteiger partial charge >= 0.3 is 0 Å². The van der Waals surface area contributed by atoms with Crippen LogP contribution in [0.5, 0.6) is 0 Å². The van der Waals surface area contributed by atoms with Crippen LogP contribution in [0, 0.1) is 0 Å². The third-order valence-corrected chi connectivity index (χ3v) is 1.74. The molecule has 11 heavy (non-hydrogen) atoms. The summed E-state index contributed by atoms with van der Waals surface area (Å²) in [5, 5.41) is 1.47. The normalized spacial score (nSPS) is 10.6. The lowest BCUT2D eigenvalue weighted by Gasteiger charge is -1.90. The molecule has 0 unspecified atom stereocenters. The molecule has 0 aromatic carbocycles. The number of hydrogen-bond donors (Lipinski definition) is 1. The predicted octanol–water partition coefficient (Wildman–Crippen LogP) is 1.01. The summed E-state index contributed by atoms with van der Waals surface area (Å²) in [5.41, 5.74) is 1.45. The number of pyridine rings is 1. The van der Waals surface area contributed by atoms with Gasteiger partial charge in [0.1, 0.15) is 13.5 Å². The molecule has 2 heterocycles. The van der Waals surface area contributed by atoms with Gasteiger partial charge in [-0.15, -0.1) is 0 Å². The molecule has 0 aliphatic carbocycles. The van der Waals surface area contributed by atoms with Crippen molar-refractivity contribution in [2.75, 3.05) is 0 Å². The summed E-state index contributed by atoms with van der Waals surface area (Å²) in [4.78, 5) is 6.95. The molecule has 52 valence electrons. The Balaban J connectivity index is 2.87. The van der Waals surface area contributed by atoms with E-state index in [1.54, 1.807) is 18.5 Å². The number of nitrogens with zero attached hydrogens (tertiary/aromatic N) is 1. The van der Waals surface area contributed by atoms with Crippen molar-refractivity contribution in [3.8, 4) is 0 Å². The van der Waals surface area contributed by atoms with E-state index in [1.165, 1.54) is 0 Å².